The molecule has 0 fully saturated rings. The van der Waals surface area contributed by atoms with E-state index in [4.69, 9.17) is 0 Å². The lowest BCUT2D eigenvalue weighted by Gasteiger charge is -2.11. The standard InChI is InChI=1S/C15H20.C12H14/c1-12(2)14-8-6-13(7-9-14)10-11-15(3,4)5;1-4-7-12-10(3)8-6-9-11(12)5-2/h6-11H,1H2,2-5H3;4-9H,2H2,1,3H3/b11-10+;7-4-. The predicted octanol–water partition coefficient (Wildman–Crippen LogP) is 8.45. The van der Waals surface area contributed by atoms with Crippen LogP contribution in [0.5, 0.6) is 0 Å². The lowest BCUT2D eigenvalue weighted by atomic mass is 9.95. The molecule has 0 heteroatoms. The highest BCUT2D eigenvalue weighted by atomic mass is 14.1. The molecular formula is C27H34. The molecule has 2 aromatic rings. The molecule has 0 aliphatic rings. The lowest BCUT2D eigenvalue weighted by Crippen LogP contribution is -1.97. The van der Waals surface area contributed by atoms with Crippen LogP contribution in [0.2, 0.25) is 0 Å². The molecule has 2 rings (SSSR count). The Bertz CT molecular complexity index is 806. The fraction of sp³-hybridized carbons (Fsp3) is 0.259. The van der Waals surface area contributed by atoms with Gasteiger partial charge in [0.1, 0.15) is 0 Å². The van der Waals surface area contributed by atoms with Crippen LogP contribution in [-0.4, -0.2) is 0 Å². The summed E-state index contributed by atoms with van der Waals surface area (Å²) in [6.07, 6.45) is 10.5. The Balaban J connectivity index is 0.000000277. The van der Waals surface area contributed by atoms with Crippen LogP contribution in [0.3, 0.4) is 0 Å². The average Bonchev–Trinajstić information content (AvgIpc) is 2.62. The Morgan fingerprint density at radius 2 is 1.59 bits per heavy atom. The highest BCUT2D eigenvalue weighted by molar-refractivity contribution is 5.67. The monoisotopic (exact) mass is 358 g/mol. The Morgan fingerprint density at radius 1 is 0.963 bits per heavy atom. The van der Waals surface area contributed by atoms with Gasteiger partial charge in [-0.1, -0.05) is 112 Å². The smallest absolute Gasteiger partial charge is 0.0158 e. The van der Waals surface area contributed by atoms with E-state index in [1.54, 1.807) is 0 Å². The molecule has 0 atom stereocenters. The van der Waals surface area contributed by atoms with Crippen LogP contribution in [0.1, 0.15) is 62.4 Å². The second kappa shape index (κ2) is 10.5. The first-order chi connectivity index (χ1) is 12.7. The highest BCUT2D eigenvalue weighted by Crippen LogP contribution is 2.19. The van der Waals surface area contributed by atoms with Crippen molar-refractivity contribution in [3.8, 4) is 0 Å². The van der Waals surface area contributed by atoms with Gasteiger partial charge in [-0.15, -0.1) is 0 Å². The van der Waals surface area contributed by atoms with E-state index >= 15 is 0 Å². The minimum atomic E-state index is 0.243. The molecule has 142 valence electrons. The summed E-state index contributed by atoms with van der Waals surface area (Å²) in [5.41, 5.74) is 7.58. The molecule has 27 heavy (non-hydrogen) atoms. The highest BCUT2D eigenvalue weighted by Gasteiger charge is 2.03. The number of rotatable bonds is 4. The molecule has 0 saturated heterocycles. The lowest BCUT2D eigenvalue weighted by molar-refractivity contribution is 0.547. The van der Waals surface area contributed by atoms with E-state index < -0.39 is 0 Å². The fourth-order valence-electron chi connectivity index (χ4n) is 2.50. The SMILES string of the molecule is C=C(C)c1ccc(/C=C/C(C)(C)C)cc1.C=Cc1cccc(C)c1/C=C\C. The first kappa shape index (κ1) is 22.4. The van der Waals surface area contributed by atoms with Crippen LogP contribution in [0, 0.1) is 12.3 Å². The zero-order chi connectivity index (χ0) is 20.4. The van der Waals surface area contributed by atoms with E-state index in [0.717, 1.165) is 5.57 Å². The minimum Gasteiger partial charge on any atom is -0.0984 e. The summed E-state index contributed by atoms with van der Waals surface area (Å²) < 4.78 is 0. The van der Waals surface area contributed by atoms with Gasteiger partial charge >= 0.3 is 0 Å². The molecule has 0 heterocycles. The Labute approximate surface area is 166 Å². The first-order valence-corrected chi connectivity index (χ1v) is 9.48. The van der Waals surface area contributed by atoms with Crippen LogP contribution < -0.4 is 0 Å². The molecule has 0 aromatic heterocycles. The number of benzene rings is 2. The molecule has 0 spiro atoms. The van der Waals surface area contributed by atoms with Crippen LogP contribution in [0.15, 0.2) is 67.8 Å². The van der Waals surface area contributed by atoms with Gasteiger partial charge in [-0.05, 0) is 54.0 Å². The van der Waals surface area contributed by atoms with Crippen molar-refractivity contribution in [3.05, 3.63) is 95.6 Å². The molecule has 0 amide bonds. The first-order valence-electron chi connectivity index (χ1n) is 9.48. The van der Waals surface area contributed by atoms with Crippen LogP contribution in [0.25, 0.3) is 23.8 Å². The van der Waals surface area contributed by atoms with Crippen molar-refractivity contribution >= 4 is 23.8 Å². The summed E-state index contributed by atoms with van der Waals surface area (Å²) in [7, 11) is 0. The van der Waals surface area contributed by atoms with Gasteiger partial charge in [0, 0.05) is 0 Å². The van der Waals surface area contributed by atoms with Gasteiger partial charge in [-0.25, -0.2) is 0 Å². The predicted molar refractivity (Wildman–Crippen MR) is 126 cm³/mol. The molecule has 0 aliphatic carbocycles. The third-order valence-corrected chi connectivity index (χ3v) is 4.09. The van der Waals surface area contributed by atoms with E-state index in [1.165, 1.54) is 27.8 Å². The largest absolute Gasteiger partial charge is 0.0984 e. The molecule has 0 aliphatic heterocycles. The molecule has 0 radical (unpaired) electrons. The van der Waals surface area contributed by atoms with E-state index in [9.17, 15) is 0 Å². The molecule has 0 N–H and O–H groups in total. The maximum atomic E-state index is 3.92. The normalized spacial score (nSPS) is 11.3. The number of hydrogen-bond acceptors (Lipinski definition) is 0. The van der Waals surface area contributed by atoms with Gasteiger partial charge < -0.3 is 0 Å². The summed E-state index contributed by atoms with van der Waals surface area (Å²) in [5.74, 6) is 0. The zero-order valence-corrected chi connectivity index (χ0v) is 17.8. The summed E-state index contributed by atoms with van der Waals surface area (Å²) in [5, 5.41) is 0. The Kier molecular flexibility index (Phi) is 8.75. The maximum absolute atomic E-state index is 3.92. The average molecular weight is 359 g/mol. The van der Waals surface area contributed by atoms with Crippen LogP contribution in [-0.2, 0) is 0 Å². The maximum Gasteiger partial charge on any atom is -0.0158 e. The van der Waals surface area contributed by atoms with E-state index in [2.05, 4.69) is 108 Å². The van der Waals surface area contributed by atoms with E-state index in [1.807, 2.05) is 19.9 Å². The van der Waals surface area contributed by atoms with Crippen molar-refractivity contribution in [2.24, 2.45) is 5.41 Å². The number of hydrogen-bond donors (Lipinski definition) is 0. The van der Waals surface area contributed by atoms with Crippen molar-refractivity contribution in [3.63, 3.8) is 0 Å². The van der Waals surface area contributed by atoms with E-state index in [-0.39, 0.29) is 5.41 Å². The van der Waals surface area contributed by atoms with Gasteiger partial charge in [-0.3, -0.25) is 0 Å². The third-order valence-electron chi connectivity index (χ3n) is 4.09. The molecule has 0 bridgehead atoms. The second-order valence-corrected chi connectivity index (χ2v) is 7.88. The molecule has 0 nitrogen and oxygen atoms in total. The van der Waals surface area contributed by atoms with E-state index in [0.29, 0.717) is 0 Å². The molecule has 2 aromatic carbocycles. The van der Waals surface area contributed by atoms with Crippen molar-refractivity contribution in [1.29, 1.82) is 0 Å². The Morgan fingerprint density at radius 3 is 2.07 bits per heavy atom. The van der Waals surface area contributed by atoms with Crippen molar-refractivity contribution in [1.82, 2.24) is 0 Å². The van der Waals surface area contributed by atoms with Crippen LogP contribution in [0.4, 0.5) is 0 Å². The Hall–Kier alpha value is -2.60. The van der Waals surface area contributed by atoms with Gasteiger partial charge in [-0.2, -0.15) is 0 Å². The minimum absolute atomic E-state index is 0.243. The topological polar surface area (TPSA) is 0 Å². The zero-order valence-electron chi connectivity index (χ0n) is 17.8. The number of allylic oxidation sites excluding steroid dienone is 3. The quantitative estimate of drug-likeness (QED) is 0.514. The summed E-state index contributed by atoms with van der Waals surface area (Å²) in [4.78, 5) is 0. The summed E-state index contributed by atoms with van der Waals surface area (Å²) in [6.45, 7) is 20.5. The van der Waals surface area contributed by atoms with Crippen LogP contribution >= 0.6 is 0 Å². The second-order valence-electron chi connectivity index (χ2n) is 7.88. The number of aryl methyl sites for hydroxylation is 1. The summed E-state index contributed by atoms with van der Waals surface area (Å²) in [6, 6.07) is 14.7. The summed E-state index contributed by atoms with van der Waals surface area (Å²) >= 11 is 0. The van der Waals surface area contributed by atoms with Crippen molar-refractivity contribution < 1.29 is 0 Å². The fourth-order valence-corrected chi connectivity index (χ4v) is 2.50. The molecule has 0 saturated carbocycles. The van der Waals surface area contributed by atoms with Gasteiger partial charge in [0.15, 0.2) is 0 Å². The molecule has 0 unspecified atom stereocenters. The van der Waals surface area contributed by atoms with Crippen molar-refractivity contribution in [2.75, 3.05) is 0 Å². The van der Waals surface area contributed by atoms with Gasteiger partial charge in [0.05, 0.1) is 0 Å². The third kappa shape index (κ3) is 8.09. The van der Waals surface area contributed by atoms with Gasteiger partial charge in [0.2, 0.25) is 0 Å². The van der Waals surface area contributed by atoms with Gasteiger partial charge in [0.25, 0.3) is 0 Å². The van der Waals surface area contributed by atoms with Crippen molar-refractivity contribution in [2.45, 2.75) is 41.5 Å². The molecular weight excluding hydrogens is 324 g/mol.